The van der Waals surface area contributed by atoms with Gasteiger partial charge in [-0.05, 0) is 57.0 Å². The standard InChI is InChI=1S/C28H38N7O3P/c1-18(2)35-26-19(3)16-34(24-13-12-22(15-29-24)39(6,7)38)17-23(26)25(32-35)27(36)30-14-20-8-10-21(11-9-20)31-28(37)33(4)5/h8-13,15,18-19H,14,16-17H2,1-7H3,(H,30,36)(H,31,37)/t19-/m0/s1. The molecule has 0 bridgehead atoms. The second-order valence-electron chi connectivity index (χ2n) is 11.0. The summed E-state index contributed by atoms with van der Waals surface area (Å²) in [5, 5.41) is 11.3. The van der Waals surface area contributed by atoms with E-state index in [0.717, 1.165) is 34.5 Å². The molecule has 1 aliphatic heterocycles. The molecule has 0 fully saturated rings. The number of aromatic nitrogens is 3. The van der Waals surface area contributed by atoms with Crippen LogP contribution in [0.1, 0.15) is 60.0 Å². The number of urea groups is 1. The van der Waals surface area contributed by atoms with Crippen molar-refractivity contribution in [3.63, 3.8) is 0 Å². The van der Waals surface area contributed by atoms with Gasteiger partial charge in [-0.1, -0.05) is 19.1 Å². The lowest BCUT2D eigenvalue weighted by Crippen LogP contribution is -2.35. The first kappa shape index (κ1) is 28.4. The van der Waals surface area contributed by atoms with Crippen molar-refractivity contribution in [2.45, 2.75) is 45.8 Å². The van der Waals surface area contributed by atoms with Gasteiger partial charge in [-0.25, -0.2) is 9.78 Å². The molecule has 10 nitrogen and oxygen atoms in total. The van der Waals surface area contributed by atoms with Gasteiger partial charge in [0, 0.05) is 74.1 Å². The van der Waals surface area contributed by atoms with Crippen LogP contribution in [-0.2, 0) is 17.7 Å². The van der Waals surface area contributed by atoms with Gasteiger partial charge in [-0.3, -0.25) is 9.48 Å². The highest BCUT2D eigenvalue weighted by molar-refractivity contribution is 7.70. The molecule has 3 amide bonds. The Hall–Kier alpha value is -3.65. The number of hydrogen-bond acceptors (Lipinski definition) is 6. The van der Waals surface area contributed by atoms with Crippen molar-refractivity contribution in [3.05, 3.63) is 65.1 Å². The van der Waals surface area contributed by atoms with Gasteiger partial charge in [-0.15, -0.1) is 0 Å². The maximum atomic E-state index is 13.4. The number of carbonyl (C=O) groups excluding carboxylic acids is 2. The quantitative estimate of drug-likeness (QED) is 0.425. The topological polar surface area (TPSA) is 112 Å². The first-order chi connectivity index (χ1) is 18.3. The number of rotatable bonds is 7. The number of carbonyl (C=O) groups is 2. The average molecular weight is 552 g/mol. The summed E-state index contributed by atoms with van der Waals surface area (Å²) in [6.07, 6.45) is 1.69. The summed E-state index contributed by atoms with van der Waals surface area (Å²) in [6, 6.07) is 11.1. The number of amides is 3. The van der Waals surface area contributed by atoms with E-state index in [0.29, 0.717) is 24.5 Å². The smallest absolute Gasteiger partial charge is 0.321 e. The van der Waals surface area contributed by atoms with Crippen molar-refractivity contribution >= 4 is 35.9 Å². The number of nitrogens with zero attached hydrogens (tertiary/aromatic N) is 5. The number of fused-ring (bicyclic) bond motifs is 1. The summed E-state index contributed by atoms with van der Waals surface area (Å²) >= 11 is 0. The Labute approximate surface area is 230 Å². The zero-order chi connectivity index (χ0) is 28.5. The predicted octanol–water partition coefficient (Wildman–Crippen LogP) is 4.25. The summed E-state index contributed by atoms with van der Waals surface area (Å²) < 4.78 is 14.4. The zero-order valence-electron chi connectivity index (χ0n) is 23.7. The molecule has 1 aliphatic rings. The Morgan fingerprint density at radius 3 is 2.38 bits per heavy atom. The maximum Gasteiger partial charge on any atom is 0.321 e. The molecule has 0 saturated carbocycles. The van der Waals surface area contributed by atoms with E-state index in [4.69, 9.17) is 5.10 Å². The van der Waals surface area contributed by atoms with Crippen LogP contribution in [0.2, 0.25) is 0 Å². The molecule has 0 spiro atoms. The highest BCUT2D eigenvalue weighted by Crippen LogP contribution is 2.36. The zero-order valence-corrected chi connectivity index (χ0v) is 24.6. The minimum Gasteiger partial charge on any atom is -0.351 e. The molecule has 0 aliphatic carbocycles. The fraction of sp³-hybridized carbons (Fsp3) is 0.429. The van der Waals surface area contributed by atoms with Crippen molar-refractivity contribution < 1.29 is 14.2 Å². The molecule has 2 N–H and O–H groups in total. The van der Waals surface area contributed by atoms with E-state index in [1.54, 1.807) is 33.6 Å². The molecular formula is C28H38N7O3P. The fourth-order valence-corrected chi connectivity index (χ4v) is 5.44. The number of hydrogen-bond donors (Lipinski definition) is 2. The van der Waals surface area contributed by atoms with Crippen LogP contribution in [0.15, 0.2) is 42.6 Å². The first-order valence-electron chi connectivity index (χ1n) is 13.1. The normalized spacial score (nSPS) is 15.2. The predicted molar refractivity (Wildman–Crippen MR) is 156 cm³/mol. The van der Waals surface area contributed by atoms with Gasteiger partial charge in [0.15, 0.2) is 5.69 Å². The molecule has 39 heavy (non-hydrogen) atoms. The van der Waals surface area contributed by atoms with Crippen molar-refractivity contribution in [1.29, 1.82) is 0 Å². The molecule has 4 rings (SSSR count). The molecule has 1 atom stereocenters. The Bertz CT molecular complexity index is 1390. The van der Waals surface area contributed by atoms with Gasteiger partial charge in [0.1, 0.15) is 13.0 Å². The summed E-state index contributed by atoms with van der Waals surface area (Å²) in [7, 11) is 0.978. The van der Waals surface area contributed by atoms with Crippen LogP contribution in [0, 0.1) is 0 Å². The van der Waals surface area contributed by atoms with E-state index < -0.39 is 7.14 Å². The van der Waals surface area contributed by atoms with E-state index in [-0.39, 0.29) is 23.9 Å². The van der Waals surface area contributed by atoms with Gasteiger partial charge in [-0.2, -0.15) is 5.10 Å². The van der Waals surface area contributed by atoms with Crippen LogP contribution in [0.25, 0.3) is 0 Å². The number of benzene rings is 1. The third-order valence-electron chi connectivity index (χ3n) is 6.81. The summed E-state index contributed by atoms with van der Waals surface area (Å²) in [6.45, 7) is 11.3. The van der Waals surface area contributed by atoms with E-state index in [1.807, 2.05) is 41.1 Å². The monoisotopic (exact) mass is 551 g/mol. The van der Waals surface area contributed by atoms with Crippen molar-refractivity contribution in [3.8, 4) is 0 Å². The van der Waals surface area contributed by atoms with Crippen molar-refractivity contribution in [1.82, 2.24) is 25.0 Å². The lowest BCUT2D eigenvalue weighted by Gasteiger charge is -2.33. The minimum atomic E-state index is -2.39. The van der Waals surface area contributed by atoms with E-state index in [1.165, 1.54) is 4.90 Å². The fourth-order valence-electron chi connectivity index (χ4n) is 4.67. The Balaban J connectivity index is 1.53. The number of anilines is 2. The highest BCUT2D eigenvalue weighted by Gasteiger charge is 2.33. The van der Waals surface area contributed by atoms with Gasteiger partial charge in [0.25, 0.3) is 5.91 Å². The van der Waals surface area contributed by atoms with Gasteiger partial charge >= 0.3 is 6.03 Å². The molecule has 0 saturated heterocycles. The molecule has 208 valence electrons. The van der Waals surface area contributed by atoms with Gasteiger partial charge in [0.05, 0.1) is 0 Å². The molecule has 2 aromatic heterocycles. The molecule has 3 heterocycles. The molecular weight excluding hydrogens is 513 g/mol. The van der Waals surface area contributed by atoms with E-state index in [2.05, 4.69) is 41.3 Å². The van der Waals surface area contributed by atoms with E-state index in [9.17, 15) is 14.2 Å². The molecule has 3 aromatic rings. The third-order valence-corrected chi connectivity index (χ3v) is 8.31. The maximum absolute atomic E-state index is 13.4. The van der Waals surface area contributed by atoms with E-state index >= 15 is 0 Å². The second kappa shape index (κ2) is 11.2. The SMILES string of the molecule is CC(C)n1nc(C(=O)NCc2ccc(NC(=O)N(C)C)cc2)c2c1[C@@H](C)CN(c1ccc(P(C)(C)=O)cn1)C2. The highest BCUT2D eigenvalue weighted by atomic mass is 31.2. The van der Waals surface area contributed by atoms with Crippen LogP contribution in [0.5, 0.6) is 0 Å². The lowest BCUT2D eigenvalue weighted by atomic mass is 9.95. The van der Waals surface area contributed by atoms with Crippen LogP contribution in [-0.4, -0.2) is 65.6 Å². The van der Waals surface area contributed by atoms with Crippen molar-refractivity contribution in [2.75, 3.05) is 44.2 Å². The Morgan fingerprint density at radius 1 is 1.13 bits per heavy atom. The lowest BCUT2D eigenvalue weighted by molar-refractivity contribution is 0.0944. The van der Waals surface area contributed by atoms with Crippen LogP contribution >= 0.6 is 7.14 Å². The second-order valence-corrected chi connectivity index (χ2v) is 14.2. The number of nitrogens with one attached hydrogen (secondary N) is 2. The van der Waals surface area contributed by atoms with Crippen LogP contribution in [0.4, 0.5) is 16.3 Å². The van der Waals surface area contributed by atoms with Gasteiger partial charge < -0.3 is 25.0 Å². The Morgan fingerprint density at radius 2 is 1.82 bits per heavy atom. The van der Waals surface area contributed by atoms with Gasteiger partial charge in [0.2, 0.25) is 0 Å². The van der Waals surface area contributed by atoms with Crippen molar-refractivity contribution in [2.24, 2.45) is 0 Å². The molecule has 0 radical (unpaired) electrons. The molecule has 1 aromatic carbocycles. The van der Waals surface area contributed by atoms with Crippen LogP contribution in [0.3, 0.4) is 0 Å². The molecule has 11 heteroatoms. The number of pyridine rings is 1. The summed E-state index contributed by atoms with van der Waals surface area (Å²) in [4.78, 5) is 33.5. The first-order valence-corrected chi connectivity index (χ1v) is 15.7. The van der Waals surface area contributed by atoms with Crippen LogP contribution < -0.4 is 20.8 Å². The summed E-state index contributed by atoms with van der Waals surface area (Å²) in [5.41, 5.74) is 4.00. The largest absolute Gasteiger partial charge is 0.351 e. The Kier molecular flexibility index (Phi) is 8.16. The molecule has 0 unspecified atom stereocenters. The third kappa shape index (κ3) is 6.33. The average Bonchev–Trinajstić information content (AvgIpc) is 3.28. The minimum absolute atomic E-state index is 0.111. The summed E-state index contributed by atoms with van der Waals surface area (Å²) in [5.74, 6) is 0.695.